The average molecular weight is 418 g/mol. The first kappa shape index (κ1) is 21.8. The molecule has 30 heavy (non-hydrogen) atoms. The highest BCUT2D eigenvalue weighted by molar-refractivity contribution is 6.08. The third-order valence-electron chi connectivity index (χ3n) is 4.65. The number of carbonyl (C=O) groups excluding carboxylic acids is 1. The van der Waals surface area contributed by atoms with Crippen molar-refractivity contribution >= 4 is 11.9 Å². The van der Waals surface area contributed by atoms with Gasteiger partial charge >= 0.3 is 0 Å². The van der Waals surface area contributed by atoms with Crippen LogP contribution in [0, 0.1) is 0 Å². The number of phenolic OH excluding ortho intramolecular Hbond substituents is 2. The molecule has 0 bridgehead atoms. The number of benzene rings is 2. The highest BCUT2D eigenvalue weighted by Gasteiger charge is 2.44. The van der Waals surface area contributed by atoms with Crippen LogP contribution in [0.5, 0.6) is 17.2 Å². The summed E-state index contributed by atoms with van der Waals surface area (Å²) >= 11 is 0. The van der Waals surface area contributed by atoms with Gasteiger partial charge in [-0.05, 0) is 35.9 Å². The number of carbonyl (C=O) groups is 1. The minimum Gasteiger partial charge on any atom is -0.508 e. The van der Waals surface area contributed by atoms with Crippen LogP contribution in [0.3, 0.4) is 0 Å². The van der Waals surface area contributed by atoms with Crippen molar-refractivity contribution in [3.05, 3.63) is 59.7 Å². The molecule has 1 fully saturated rings. The SMILES string of the molecule is O=C(/C=C\c1ccc(O[C@@H]2O[C@H](CO)[C@@H](O)[C@H](O)[C@H]2O)cc1)c1ccc(O)cc1O. The molecule has 1 aliphatic heterocycles. The maximum absolute atomic E-state index is 12.2. The van der Waals surface area contributed by atoms with Crippen LogP contribution in [0.15, 0.2) is 48.5 Å². The van der Waals surface area contributed by atoms with E-state index in [1.165, 1.54) is 24.3 Å². The van der Waals surface area contributed by atoms with E-state index in [1.54, 1.807) is 24.3 Å². The van der Waals surface area contributed by atoms with Crippen molar-refractivity contribution in [1.29, 1.82) is 0 Å². The third kappa shape index (κ3) is 4.78. The van der Waals surface area contributed by atoms with Crippen LogP contribution in [0.2, 0.25) is 0 Å². The van der Waals surface area contributed by atoms with Crippen LogP contribution in [0.1, 0.15) is 15.9 Å². The third-order valence-corrected chi connectivity index (χ3v) is 4.65. The zero-order valence-electron chi connectivity index (χ0n) is 15.7. The van der Waals surface area contributed by atoms with E-state index < -0.39 is 43.1 Å². The maximum Gasteiger partial charge on any atom is 0.229 e. The van der Waals surface area contributed by atoms with Crippen molar-refractivity contribution < 1.29 is 44.9 Å². The normalized spacial score (nSPS) is 26.6. The molecule has 160 valence electrons. The Hall–Kier alpha value is -2.95. The standard InChI is InChI=1S/C21H22O9/c22-10-17-18(26)19(27)20(28)21(30-17)29-13-5-1-11(2-6-13)3-8-15(24)14-7-4-12(23)9-16(14)25/h1-9,17-23,25-28H,10H2/b8-3-/t17-,18-,19+,20-,21-/m1/s1. The molecule has 0 aliphatic carbocycles. The summed E-state index contributed by atoms with van der Waals surface area (Å²) < 4.78 is 10.8. The maximum atomic E-state index is 12.2. The molecule has 1 heterocycles. The molecule has 1 aliphatic rings. The number of hydrogen-bond acceptors (Lipinski definition) is 9. The Morgan fingerprint density at radius 3 is 2.33 bits per heavy atom. The smallest absolute Gasteiger partial charge is 0.229 e. The second-order valence-corrected chi connectivity index (χ2v) is 6.78. The van der Waals surface area contributed by atoms with Crippen molar-refractivity contribution in [3.8, 4) is 17.2 Å². The van der Waals surface area contributed by atoms with Crippen molar-refractivity contribution in [3.63, 3.8) is 0 Å². The number of aromatic hydroxyl groups is 2. The number of ketones is 1. The fourth-order valence-corrected chi connectivity index (χ4v) is 2.95. The second kappa shape index (κ2) is 9.24. The summed E-state index contributed by atoms with van der Waals surface area (Å²) in [6.07, 6.45) is -4.10. The van der Waals surface area contributed by atoms with Gasteiger partial charge in [0.2, 0.25) is 6.29 Å². The van der Waals surface area contributed by atoms with Crippen LogP contribution in [-0.4, -0.2) is 73.7 Å². The highest BCUT2D eigenvalue weighted by atomic mass is 16.7. The first-order chi connectivity index (χ1) is 14.3. The molecule has 1 saturated heterocycles. The summed E-state index contributed by atoms with van der Waals surface area (Å²) in [5.74, 6) is -0.635. The summed E-state index contributed by atoms with van der Waals surface area (Å²) in [7, 11) is 0. The van der Waals surface area contributed by atoms with E-state index in [0.717, 1.165) is 6.07 Å². The van der Waals surface area contributed by atoms with Gasteiger partial charge in [0.1, 0.15) is 41.7 Å². The van der Waals surface area contributed by atoms with E-state index in [4.69, 9.17) is 9.47 Å². The first-order valence-corrected chi connectivity index (χ1v) is 9.12. The van der Waals surface area contributed by atoms with Crippen LogP contribution in [-0.2, 0) is 4.74 Å². The Kier molecular flexibility index (Phi) is 6.70. The van der Waals surface area contributed by atoms with Gasteiger partial charge in [-0.3, -0.25) is 4.79 Å². The van der Waals surface area contributed by atoms with E-state index in [9.17, 15) is 35.4 Å². The fourth-order valence-electron chi connectivity index (χ4n) is 2.95. The first-order valence-electron chi connectivity index (χ1n) is 9.12. The van der Waals surface area contributed by atoms with Gasteiger partial charge in [-0.25, -0.2) is 0 Å². The van der Waals surface area contributed by atoms with Gasteiger partial charge in [0.25, 0.3) is 0 Å². The molecule has 0 amide bonds. The molecule has 3 rings (SSSR count). The predicted molar refractivity (Wildman–Crippen MR) is 104 cm³/mol. The van der Waals surface area contributed by atoms with Crippen molar-refractivity contribution in [2.24, 2.45) is 0 Å². The van der Waals surface area contributed by atoms with E-state index in [-0.39, 0.29) is 17.1 Å². The summed E-state index contributed by atoms with van der Waals surface area (Å²) in [5.41, 5.74) is 0.689. The van der Waals surface area contributed by atoms with Crippen LogP contribution in [0.25, 0.3) is 6.08 Å². The highest BCUT2D eigenvalue weighted by Crippen LogP contribution is 2.25. The van der Waals surface area contributed by atoms with E-state index in [1.807, 2.05) is 0 Å². The van der Waals surface area contributed by atoms with Gasteiger partial charge in [0.05, 0.1) is 12.2 Å². The summed E-state index contributed by atoms with van der Waals surface area (Å²) in [6.45, 7) is -0.556. The predicted octanol–water partition coefficient (Wildman–Crippen LogP) is 0.173. The van der Waals surface area contributed by atoms with Crippen LogP contribution >= 0.6 is 0 Å². The molecule has 0 unspecified atom stereocenters. The lowest BCUT2D eigenvalue weighted by Crippen LogP contribution is -2.60. The molecule has 0 saturated carbocycles. The van der Waals surface area contributed by atoms with Gasteiger partial charge in [-0.2, -0.15) is 0 Å². The van der Waals surface area contributed by atoms with E-state index in [2.05, 4.69) is 0 Å². The Bertz CT molecular complexity index is 907. The topological polar surface area (TPSA) is 157 Å². The molecule has 9 nitrogen and oxygen atoms in total. The lowest BCUT2D eigenvalue weighted by Gasteiger charge is -2.39. The quantitative estimate of drug-likeness (QED) is 0.284. The van der Waals surface area contributed by atoms with Gasteiger partial charge in [-0.15, -0.1) is 0 Å². The van der Waals surface area contributed by atoms with Crippen molar-refractivity contribution in [2.45, 2.75) is 30.7 Å². The van der Waals surface area contributed by atoms with Crippen molar-refractivity contribution in [1.82, 2.24) is 0 Å². The summed E-state index contributed by atoms with van der Waals surface area (Å²) in [5, 5.41) is 57.8. The molecule has 9 heteroatoms. The summed E-state index contributed by atoms with van der Waals surface area (Å²) in [4.78, 5) is 12.2. The number of allylic oxidation sites excluding steroid dienone is 1. The lowest BCUT2D eigenvalue weighted by molar-refractivity contribution is -0.277. The number of rotatable bonds is 6. The molecule has 5 atom stereocenters. The average Bonchev–Trinajstić information content (AvgIpc) is 2.73. The Morgan fingerprint density at radius 2 is 1.70 bits per heavy atom. The Labute approximate surface area is 171 Å². The van der Waals surface area contributed by atoms with Gasteiger partial charge in [-0.1, -0.05) is 18.2 Å². The Morgan fingerprint density at radius 1 is 1.00 bits per heavy atom. The van der Waals surface area contributed by atoms with Crippen molar-refractivity contribution in [2.75, 3.05) is 6.61 Å². The van der Waals surface area contributed by atoms with Gasteiger partial charge < -0.3 is 40.1 Å². The van der Waals surface area contributed by atoms with Gasteiger partial charge in [0.15, 0.2) is 5.78 Å². The number of hydrogen-bond donors (Lipinski definition) is 6. The number of phenols is 2. The minimum atomic E-state index is -1.54. The number of aliphatic hydroxyl groups is 4. The number of ether oxygens (including phenoxy) is 2. The Balaban J connectivity index is 1.65. The largest absolute Gasteiger partial charge is 0.508 e. The van der Waals surface area contributed by atoms with E-state index >= 15 is 0 Å². The zero-order chi connectivity index (χ0) is 21.8. The molecule has 2 aromatic carbocycles. The summed E-state index contributed by atoms with van der Waals surface area (Å²) in [6, 6.07) is 10.0. The van der Waals surface area contributed by atoms with E-state index in [0.29, 0.717) is 11.3 Å². The second-order valence-electron chi connectivity index (χ2n) is 6.78. The molecular weight excluding hydrogens is 396 g/mol. The zero-order valence-corrected chi connectivity index (χ0v) is 15.7. The van der Waals surface area contributed by atoms with Gasteiger partial charge in [0, 0.05) is 6.07 Å². The molecule has 0 radical (unpaired) electrons. The minimum absolute atomic E-state index is 0.0478. The molecule has 0 aromatic heterocycles. The molecular formula is C21H22O9. The number of aliphatic hydroxyl groups excluding tert-OH is 4. The molecule has 0 spiro atoms. The lowest BCUT2D eigenvalue weighted by atomic mass is 9.99. The molecule has 6 N–H and O–H groups in total. The molecule has 2 aromatic rings. The van der Waals surface area contributed by atoms with Crippen LogP contribution < -0.4 is 4.74 Å². The van der Waals surface area contributed by atoms with Crippen LogP contribution in [0.4, 0.5) is 0 Å². The fraction of sp³-hybridized carbons (Fsp3) is 0.286. The monoisotopic (exact) mass is 418 g/mol.